The Morgan fingerprint density at radius 2 is 2.00 bits per heavy atom. The summed E-state index contributed by atoms with van der Waals surface area (Å²) < 4.78 is 5.69. The van der Waals surface area contributed by atoms with Crippen LogP contribution in [0.1, 0.15) is 5.56 Å². The first-order valence-electron chi connectivity index (χ1n) is 7.52. The van der Waals surface area contributed by atoms with E-state index in [0.29, 0.717) is 12.0 Å². The minimum Gasteiger partial charge on any atom is -0.379 e. The highest BCUT2D eigenvalue weighted by Crippen LogP contribution is 2.18. The number of hydrogen-bond acceptors (Lipinski definition) is 3. The van der Waals surface area contributed by atoms with Crippen molar-refractivity contribution in [1.82, 2.24) is 9.80 Å². The molecule has 0 aliphatic carbocycles. The molecule has 0 N–H and O–H groups in total. The van der Waals surface area contributed by atoms with Crippen molar-refractivity contribution in [3.05, 3.63) is 42.0 Å². The standard InChI is InChI=1S/C17H22N2O2/c1-18-9-15-10-19(11-16(18)13-21-12-15)17(20)8-7-14-5-3-2-4-6-14/h2-8,15-16H,9-13H2,1H3/b8-7+/t15-,16+/m1/s1. The first-order chi connectivity index (χ1) is 10.2. The second-order valence-electron chi connectivity index (χ2n) is 5.98. The summed E-state index contributed by atoms with van der Waals surface area (Å²) in [6.45, 7) is 4.03. The van der Waals surface area contributed by atoms with E-state index in [1.807, 2.05) is 41.3 Å². The van der Waals surface area contributed by atoms with Crippen molar-refractivity contribution in [1.29, 1.82) is 0 Å². The Morgan fingerprint density at radius 3 is 2.81 bits per heavy atom. The Bertz CT molecular complexity index is 515. The SMILES string of the molecule is CN1C[C@H]2COC[C@@H]1CN(C(=O)/C=C/c1ccccc1)C2. The molecule has 1 aromatic carbocycles. The molecule has 0 radical (unpaired) electrons. The van der Waals surface area contributed by atoms with Crippen LogP contribution in [0.25, 0.3) is 6.08 Å². The molecule has 0 aromatic heterocycles. The lowest BCUT2D eigenvalue weighted by molar-refractivity contribution is -0.127. The summed E-state index contributed by atoms with van der Waals surface area (Å²) in [6, 6.07) is 10.3. The van der Waals surface area contributed by atoms with Crippen LogP contribution in [0, 0.1) is 5.92 Å². The smallest absolute Gasteiger partial charge is 0.246 e. The molecule has 0 unspecified atom stereocenters. The fraction of sp³-hybridized carbons (Fsp3) is 0.471. The molecule has 2 saturated heterocycles. The average molecular weight is 286 g/mol. The largest absolute Gasteiger partial charge is 0.379 e. The van der Waals surface area contributed by atoms with Gasteiger partial charge in [-0.3, -0.25) is 9.69 Å². The number of ether oxygens (including phenoxy) is 1. The molecule has 0 saturated carbocycles. The lowest BCUT2D eigenvalue weighted by Crippen LogP contribution is -2.44. The van der Waals surface area contributed by atoms with Gasteiger partial charge in [0, 0.05) is 31.6 Å². The van der Waals surface area contributed by atoms with E-state index < -0.39 is 0 Å². The van der Waals surface area contributed by atoms with Crippen LogP contribution in [0.5, 0.6) is 0 Å². The summed E-state index contributed by atoms with van der Waals surface area (Å²) >= 11 is 0. The molecule has 2 aliphatic rings. The van der Waals surface area contributed by atoms with E-state index in [4.69, 9.17) is 4.74 Å². The summed E-state index contributed by atoms with van der Waals surface area (Å²) in [5.41, 5.74) is 1.06. The fourth-order valence-electron chi connectivity index (χ4n) is 3.07. The highest BCUT2D eigenvalue weighted by atomic mass is 16.5. The molecule has 112 valence electrons. The fourth-order valence-corrected chi connectivity index (χ4v) is 3.07. The number of hydrogen-bond donors (Lipinski definition) is 0. The van der Waals surface area contributed by atoms with Crippen LogP contribution in [0.4, 0.5) is 0 Å². The molecule has 1 aromatic rings. The van der Waals surface area contributed by atoms with E-state index in [9.17, 15) is 4.79 Å². The summed E-state index contributed by atoms with van der Waals surface area (Å²) in [5.74, 6) is 0.516. The first kappa shape index (κ1) is 14.3. The van der Waals surface area contributed by atoms with Crippen molar-refractivity contribution in [2.75, 3.05) is 39.9 Å². The molecule has 2 aliphatic heterocycles. The van der Waals surface area contributed by atoms with Gasteiger partial charge in [0.1, 0.15) is 0 Å². The predicted octanol–water partition coefficient (Wildman–Crippen LogP) is 1.49. The summed E-state index contributed by atoms with van der Waals surface area (Å²) in [5, 5.41) is 0. The summed E-state index contributed by atoms with van der Waals surface area (Å²) in [6.07, 6.45) is 3.58. The third kappa shape index (κ3) is 3.52. The maximum atomic E-state index is 12.4. The molecule has 2 atom stereocenters. The normalized spacial score (nSPS) is 26.8. The lowest BCUT2D eigenvalue weighted by atomic mass is 10.1. The highest BCUT2D eigenvalue weighted by molar-refractivity contribution is 5.91. The van der Waals surface area contributed by atoms with Gasteiger partial charge >= 0.3 is 0 Å². The zero-order chi connectivity index (χ0) is 14.7. The molecule has 0 spiro atoms. The van der Waals surface area contributed by atoms with Crippen LogP contribution >= 0.6 is 0 Å². The van der Waals surface area contributed by atoms with Crippen LogP contribution < -0.4 is 0 Å². The molecular formula is C17H22N2O2. The quantitative estimate of drug-likeness (QED) is 0.772. The van der Waals surface area contributed by atoms with Gasteiger partial charge in [-0.2, -0.15) is 0 Å². The van der Waals surface area contributed by atoms with E-state index in [1.54, 1.807) is 6.08 Å². The van der Waals surface area contributed by atoms with Crippen molar-refractivity contribution < 1.29 is 9.53 Å². The lowest BCUT2D eigenvalue weighted by Gasteiger charge is -2.29. The minimum atomic E-state index is 0.103. The van der Waals surface area contributed by atoms with Crippen molar-refractivity contribution in [2.24, 2.45) is 5.92 Å². The Kier molecular flexibility index (Phi) is 4.36. The van der Waals surface area contributed by atoms with Crippen LogP contribution in [-0.4, -0.2) is 61.6 Å². The van der Waals surface area contributed by atoms with Gasteiger partial charge in [0.25, 0.3) is 0 Å². The highest BCUT2D eigenvalue weighted by Gasteiger charge is 2.32. The van der Waals surface area contributed by atoms with E-state index in [0.717, 1.165) is 38.4 Å². The molecule has 4 heteroatoms. The van der Waals surface area contributed by atoms with Crippen LogP contribution in [0.2, 0.25) is 0 Å². The molecule has 2 bridgehead atoms. The van der Waals surface area contributed by atoms with Gasteiger partial charge in [-0.05, 0) is 18.7 Å². The number of carbonyl (C=O) groups is 1. The number of benzene rings is 1. The third-order valence-electron chi connectivity index (χ3n) is 4.27. The topological polar surface area (TPSA) is 32.8 Å². The number of fused-ring (bicyclic) bond motifs is 3. The number of nitrogens with zero attached hydrogens (tertiary/aromatic N) is 2. The van der Waals surface area contributed by atoms with Crippen LogP contribution in [0.15, 0.2) is 36.4 Å². The number of likely N-dealkylation sites (N-methyl/N-ethyl adjacent to an activating group) is 1. The van der Waals surface area contributed by atoms with Gasteiger partial charge in [-0.15, -0.1) is 0 Å². The van der Waals surface area contributed by atoms with E-state index in [2.05, 4.69) is 11.9 Å². The Hall–Kier alpha value is -1.65. The third-order valence-corrected chi connectivity index (χ3v) is 4.27. The van der Waals surface area contributed by atoms with E-state index in [-0.39, 0.29) is 5.91 Å². The second-order valence-corrected chi connectivity index (χ2v) is 5.98. The maximum absolute atomic E-state index is 12.4. The zero-order valence-electron chi connectivity index (χ0n) is 12.4. The first-order valence-corrected chi connectivity index (χ1v) is 7.52. The molecule has 1 amide bonds. The molecule has 21 heavy (non-hydrogen) atoms. The molecular weight excluding hydrogens is 264 g/mol. The van der Waals surface area contributed by atoms with Gasteiger partial charge in [0.2, 0.25) is 5.91 Å². The van der Waals surface area contributed by atoms with Gasteiger partial charge in [-0.1, -0.05) is 30.3 Å². The van der Waals surface area contributed by atoms with Crippen molar-refractivity contribution in [2.45, 2.75) is 6.04 Å². The summed E-state index contributed by atoms with van der Waals surface area (Å²) in [7, 11) is 2.13. The molecule has 2 fully saturated rings. The van der Waals surface area contributed by atoms with Crippen molar-refractivity contribution in [3.63, 3.8) is 0 Å². The number of carbonyl (C=O) groups excluding carboxylic acids is 1. The van der Waals surface area contributed by atoms with Gasteiger partial charge in [0.15, 0.2) is 0 Å². The molecule has 2 heterocycles. The molecule has 4 nitrogen and oxygen atoms in total. The summed E-state index contributed by atoms with van der Waals surface area (Å²) in [4.78, 5) is 16.7. The zero-order valence-corrected chi connectivity index (χ0v) is 12.4. The number of amides is 1. The van der Waals surface area contributed by atoms with E-state index in [1.165, 1.54) is 0 Å². The van der Waals surface area contributed by atoms with Gasteiger partial charge < -0.3 is 9.64 Å². The Balaban J connectivity index is 1.69. The van der Waals surface area contributed by atoms with Gasteiger partial charge in [-0.25, -0.2) is 0 Å². The Morgan fingerprint density at radius 1 is 1.19 bits per heavy atom. The van der Waals surface area contributed by atoms with Gasteiger partial charge in [0.05, 0.1) is 19.3 Å². The maximum Gasteiger partial charge on any atom is 0.246 e. The minimum absolute atomic E-state index is 0.103. The second kappa shape index (κ2) is 6.41. The monoisotopic (exact) mass is 286 g/mol. The van der Waals surface area contributed by atoms with Crippen molar-refractivity contribution >= 4 is 12.0 Å². The average Bonchev–Trinajstić information content (AvgIpc) is 2.74. The number of rotatable bonds is 2. The van der Waals surface area contributed by atoms with Crippen molar-refractivity contribution in [3.8, 4) is 0 Å². The van der Waals surface area contributed by atoms with E-state index >= 15 is 0 Å². The van der Waals surface area contributed by atoms with Crippen LogP contribution in [-0.2, 0) is 9.53 Å². The molecule has 3 rings (SSSR count). The van der Waals surface area contributed by atoms with Crippen LogP contribution in [0.3, 0.4) is 0 Å². The Labute approximate surface area is 126 Å². The predicted molar refractivity (Wildman–Crippen MR) is 82.8 cm³/mol.